The lowest BCUT2D eigenvalue weighted by Crippen LogP contribution is -2.41. The van der Waals surface area contributed by atoms with Gasteiger partial charge >= 0.3 is 0 Å². The van der Waals surface area contributed by atoms with Gasteiger partial charge in [-0.25, -0.2) is 13.4 Å². The van der Waals surface area contributed by atoms with Crippen LogP contribution >= 0.6 is 0 Å². The van der Waals surface area contributed by atoms with Crippen molar-refractivity contribution in [2.75, 3.05) is 32.7 Å². The zero-order chi connectivity index (χ0) is 14.0. The summed E-state index contributed by atoms with van der Waals surface area (Å²) >= 11 is 0. The van der Waals surface area contributed by atoms with Gasteiger partial charge in [-0.15, -0.1) is 0 Å². The minimum absolute atomic E-state index is 0.204. The van der Waals surface area contributed by atoms with Gasteiger partial charge in [0.25, 0.3) is 10.0 Å². The van der Waals surface area contributed by atoms with Crippen molar-refractivity contribution >= 4 is 10.0 Å². The van der Waals surface area contributed by atoms with Crippen LogP contribution in [0, 0.1) is 5.92 Å². The molecule has 2 aliphatic rings. The number of nitrogens with one attached hydrogen (secondary N) is 1. The second kappa shape index (κ2) is 5.83. The molecule has 2 saturated heterocycles. The Morgan fingerprint density at radius 1 is 1.20 bits per heavy atom. The van der Waals surface area contributed by atoms with Crippen LogP contribution in [0.5, 0.6) is 0 Å². The molecule has 0 radical (unpaired) electrons. The molecule has 1 aromatic rings. The molecule has 6 nitrogen and oxygen atoms in total. The highest BCUT2D eigenvalue weighted by Crippen LogP contribution is 2.24. The van der Waals surface area contributed by atoms with Gasteiger partial charge in [0, 0.05) is 19.6 Å². The van der Waals surface area contributed by atoms with Crippen LogP contribution in [0.3, 0.4) is 0 Å². The first kappa shape index (κ1) is 14.0. The number of H-pyrrole nitrogens is 1. The molecule has 7 heteroatoms. The molecule has 20 heavy (non-hydrogen) atoms. The van der Waals surface area contributed by atoms with Crippen molar-refractivity contribution in [2.45, 2.75) is 30.7 Å². The molecule has 1 aromatic heterocycles. The highest BCUT2D eigenvalue weighted by atomic mass is 32.2. The predicted molar refractivity (Wildman–Crippen MR) is 75.7 cm³/mol. The van der Waals surface area contributed by atoms with Gasteiger partial charge in [-0.3, -0.25) is 0 Å². The lowest BCUT2D eigenvalue weighted by molar-refractivity contribution is 0.205. The standard InChI is InChI=1S/C13H22N4O2S/c18-20(19,13-9-14-11-15-13)17-7-3-12(4-8-17)10-16-5-1-2-6-16/h9,11-12H,1-8,10H2,(H,14,15). The van der Waals surface area contributed by atoms with Crippen LogP contribution < -0.4 is 0 Å². The van der Waals surface area contributed by atoms with E-state index in [1.165, 1.54) is 38.5 Å². The summed E-state index contributed by atoms with van der Waals surface area (Å²) in [4.78, 5) is 9.01. The van der Waals surface area contributed by atoms with Gasteiger partial charge in [0.2, 0.25) is 0 Å². The summed E-state index contributed by atoms with van der Waals surface area (Å²) < 4.78 is 26.3. The number of imidazole rings is 1. The molecule has 1 N–H and O–H groups in total. The van der Waals surface area contributed by atoms with Gasteiger partial charge in [0.1, 0.15) is 0 Å². The maximum Gasteiger partial charge on any atom is 0.260 e. The molecule has 2 fully saturated rings. The Bertz CT molecular complexity index is 515. The Kier molecular flexibility index (Phi) is 4.09. The second-order valence-corrected chi connectivity index (χ2v) is 7.68. The molecule has 0 aliphatic carbocycles. The Morgan fingerprint density at radius 2 is 1.90 bits per heavy atom. The largest absolute Gasteiger partial charge is 0.335 e. The van der Waals surface area contributed by atoms with Gasteiger partial charge in [0.05, 0.1) is 12.5 Å². The third kappa shape index (κ3) is 2.89. The van der Waals surface area contributed by atoms with Crippen LogP contribution in [0.2, 0.25) is 0 Å². The summed E-state index contributed by atoms with van der Waals surface area (Å²) in [6, 6.07) is 0. The van der Waals surface area contributed by atoms with E-state index in [4.69, 9.17) is 0 Å². The summed E-state index contributed by atoms with van der Waals surface area (Å²) in [7, 11) is -3.37. The van der Waals surface area contributed by atoms with E-state index in [9.17, 15) is 8.42 Å². The molecule has 2 aliphatic heterocycles. The van der Waals surface area contributed by atoms with E-state index in [2.05, 4.69) is 14.9 Å². The van der Waals surface area contributed by atoms with Gasteiger partial charge in [-0.2, -0.15) is 4.31 Å². The van der Waals surface area contributed by atoms with Crippen molar-refractivity contribution in [3.63, 3.8) is 0 Å². The van der Waals surface area contributed by atoms with Crippen LogP contribution in [-0.4, -0.2) is 60.3 Å². The van der Waals surface area contributed by atoms with Gasteiger partial charge < -0.3 is 9.88 Å². The molecule has 0 bridgehead atoms. The topological polar surface area (TPSA) is 69.3 Å². The van der Waals surface area contributed by atoms with Crippen molar-refractivity contribution in [2.24, 2.45) is 5.92 Å². The fourth-order valence-corrected chi connectivity index (χ4v) is 4.55. The number of aromatic nitrogens is 2. The molecule has 0 unspecified atom stereocenters. The van der Waals surface area contributed by atoms with Gasteiger partial charge in [0.15, 0.2) is 5.03 Å². The zero-order valence-electron chi connectivity index (χ0n) is 11.7. The third-order valence-corrected chi connectivity index (χ3v) is 6.20. The molecule has 112 valence electrons. The molecule has 3 rings (SSSR count). The quantitative estimate of drug-likeness (QED) is 0.897. The third-order valence-electron chi connectivity index (χ3n) is 4.38. The number of rotatable bonds is 4. The molecule has 0 amide bonds. The lowest BCUT2D eigenvalue weighted by Gasteiger charge is -2.32. The molecule has 3 heterocycles. The number of aromatic amines is 1. The molecular formula is C13H22N4O2S. The van der Waals surface area contributed by atoms with Crippen LogP contribution in [0.1, 0.15) is 25.7 Å². The number of sulfonamides is 1. The number of hydrogen-bond donors (Lipinski definition) is 1. The maximum absolute atomic E-state index is 12.3. The monoisotopic (exact) mass is 298 g/mol. The Hall–Kier alpha value is -0.920. The molecule has 0 spiro atoms. The Balaban J connectivity index is 1.55. The van der Waals surface area contributed by atoms with E-state index in [-0.39, 0.29) is 5.03 Å². The zero-order valence-corrected chi connectivity index (χ0v) is 12.5. The van der Waals surface area contributed by atoms with E-state index >= 15 is 0 Å². The lowest BCUT2D eigenvalue weighted by atomic mass is 9.98. The predicted octanol–water partition coefficient (Wildman–Crippen LogP) is 0.906. The molecule has 0 saturated carbocycles. The van der Waals surface area contributed by atoms with E-state index < -0.39 is 10.0 Å². The SMILES string of the molecule is O=S(=O)(c1cnc[nH]1)N1CCC(CN2CCCC2)CC1. The summed E-state index contributed by atoms with van der Waals surface area (Å²) in [5.74, 6) is 0.640. The van der Waals surface area contributed by atoms with Crippen LogP contribution in [0.15, 0.2) is 17.6 Å². The minimum Gasteiger partial charge on any atom is -0.335 e. The van der Waals surface area contributed by atoms with Gasteiger partial charge in [-0.05, 0) is 44.7 Å². The van der Waals surface area contributed by atoms with Crippen molar-refractivity contribution in [3.05, 3.63) is 12.5 Å². The highest BCUT2D eigenvalue weighted by Gasteiger charge is 2.31. The summed E-state index contributed by atoms with van der Waals surface area (Å²) in [6.45, 7) is 4.82. The number of piperidine rings is 1. The molecule has 0 aromatic carbocycles. The number of nitrogens with zero attached hydrogens (tertiary/aromatic N) is 3. The van der Waals surface area contributed by atoms with Crippen LogP contribution in [0.25, 0.3) is 0 Å². The van der Waals surface area contributed by atoms with Crippen LogP contribution in [0.4, 0.5) is 0 Å². The maximum atomic E-state index is 12.3. The molecular weight excluding hydrogens is 276 g/mol. The minimum atomic E-state index is -3.37. The average Bonchev–Trinajstić information content (AvgIpc) is 3.12. The first-order chi connectivity index (χ1) is 9.66. The second-order valence-electron chi connectivity index (χ2n) is 5.77. The van der Waals surface area contributed by atoms with E-state index in [0.29, 0.717) is 19.0 Å². The number of likely N-dealkylation sites (tertiary alicyclic amines) is 1. The Morgan fingerprint density at radius 3 is 2.50 bits per heavy atom. The smallest absolute Gasteiger partial charge is 0.260 e. The fraction of sp³-hybridized carbons (Fsp3) is 0.769. The fourth-order valence-electron chi connectivity index (χ4n) is 3.19. The van der Waals surface area contributed by atoms with Crippen molar-refractivity contribution < 1.29 is 8.42 Å². The van der Waals surface area contributed by atoms with Gasteiger partial charge in [-0.1, -0.05) is 0 Å². The van der Waals surface area contributed by atoms with Crippen molar-refractivity contribution in [1.82, 2.24) is 19.2 Å². The Labute approximate surface area is 120 Å². The van der Waals surface area contributed by atoms with E-state index in [0.717, 1.165) is 19.4 Å². The van der Waals surface area contributed by atoms with Crippen molar-refractivity contribution in [1.29, 1.82) is 0 Å². The first-order valence-corrected chi connectivity index (χ1v) is 8.81. The van der Waals surface area contributed by atoms with E-state index in [1.54, 1.807) is 4.31 Å². The summed E-state index contributed by atoms with van der Waals surface area (Å²) in [5, 5.41) is 0.204. The normalized spacial score (nSPS) is 23.4. The summed E-state index contributed by atoms with van der Waals surface area (Å²) in [5.41, 5.74) is 0. The van der Waals surface area contributed by atoms with Crippen molar-refractivity contribution in [3.8, 4) is 0 Å². The summed E-state index contributed by atoms with van der Waals surface area (Å²) in [6.07, 6.45) is 7.34. The average molecular weight is 298 g/mol. The van der Waals surface area contributed by atoms with Crippen LogP contribution in [-0.2, 0) is 10.0 Å². The first-order valence-electron chi connectivity index (χ1n) is 7.37. The van der Waals surface area contributed by atoms with E-state index in [1.807, 2.05) is 0 Å². The highest BCUT2D eigenvalue weighted by molar-refractivity contribution is 7.89. The number of hydrogen-bond acceptors (Lipinski definition) is 4. The molecule has 0 atom stereocenters.